The van der Waals surface area contributed by atoms with Gasteiger partial charge in [0.1, 0.15) is 23.7 Å². The molecule has 0 spiro atoms. The van der Waals surface area contributed by atoms with Gasteiger partial charge in [0.15, 0.2) is 0 Å². The van der Waals surface area contributed by atoms with E-state index in [9.17, 15) is 18.4 Å². The molecule has 0 bridgehead atoms. The van der Waals surface area contributed by atoms with E-state index in [2.05, 4.69) is 20.2 Å². The second-order valence-electron chi connectivity index (χ2n) is 9.58. The van der Waals surface area contributed by atoms with Gasteiger partial charge in [-0.15, -0.1) is 0 Å². The first-order chi connectivity index (χ1) is 18.2. The number of piperazine rings is 1. The maximum atomic E-state index is 13.8. The van der Waals surface area contributed by atoms with E-state index in [-0.39, 0.29) is 29.1 Å². The van der Waals surface area contributed by atoms with Crippen LogP contribution in [-0.2, 0) is 9.59 Å². The molecule has 2 aromatic heterocycles. The van der Waals surface area contributed by atoms with Gasteiger partial charge in [-0.2, -0.15) is 8.78 Å². The van der Waals surface area contributed by atoms with Crippen LogP contribution in [0.5, 0.6) is 11.6 Å². The lowest BCUT2D eigenvalue weighted by Crippen LogP contribution is -2.48. The van der Waals surface area contributed by atoms with Crippen molar-refractivity contribution in [3.63, 3.8) is 0 Å². The van der Waals surface area contributed by atoms with Crippen molar-refractivity contribution >= 4 is 28.5 Å². The van der Waals surface area contributed by atoms with Gasteiger partial charge in [0, 0.05) is 57.5 Å². The van der Waals surface area contributed by atoms with Gasteiger partial charge in [-0.1, -0.05) is 6.07 Å². The zero-order valence-electron chi connectivity index (χ0n) is 21.5. The lowest BCUT2D eigenvalue weighted by molar-refractivity contribution is -0.129. The zero-order valence-corrected chi connectivity index (χ0v) is 21.5. The average molecular weight is 529 g/mol. The van der Waals surface area contributed by atoms with Crippen molar-refractivity contribution in [2.75, 3.05) is 44.7 Å². The molecule has 2 amide bonds. The number of imidazole rings is 1. The Bertz CT molecular complexity index is 1360. The molecule has 1 aromatic carbocycles. The van der Waals surface area contributed by atoms with E-state index in [1.165, 1.54) is 0 Å². The second-order valence-corrected chi connectivity index (χ2v) is 9.58. The number of hydrogen-bond acceptors (Lipinski definition) is 7. The first-order valence-corrected chi connectivity index (χ1v) is 12.5. The Balaban J connectivity index is 1.48. The molecule has 5 rings (SSSR count). The topological polar surface area (TPSA) is 102 Å². The van der Waals surface area contributed by atoms with Crippen molar-refractivity contribution in [3.05, 3.63) is 30.6 Å². The summed E-state index contributed by atoms with van der Waals surface area (Å²) in [4.78, 5) is 36.2. The molecule has 0 saturated carbocycles. The summed E-state index contributed by atoms with van der Waals surface area (Å²) in [5.41, 5.74) is 2.51. The summed E-state index contributed by atoms with van der Waals surface area (Å²) < 4.78 is 40.0. The minimum atomic E-state index is -2.82. The van der Waals surface area contributed by atoms with Crippen LogP contribution in [-0.4, -0.2) is 77.2 Å². The molecule has 4 heterocycles. The maximum absolute atomic E-state index is 13.8. The maximum Gasteiger partial charge on any atom is 0.320 e. The molecule has 2 unspecified atom stereocenters. The van der Waals surface area contributed by atoms with Crippen LogP contribution in [0.25, 0.3) is 22.3 Å². The number of nitrogens with zero attached hydrogens (tertiary/aromatic N) is 5. The largest absolute Gasteiger partial charge is 0.495 e. The number of pyridine rings is 1. The molecule has 3 aromatic rings. The third-order valence-corrected chi connectivity index (χ3v) is 7.24. The fourth-order valence-electron chi connectivity index (χ4n) is 5.00. The van der Waals surface area contributed by atoms with Crippen molar-refractivity contribution in [3.8, 4) is 22.9 Å². The second kappa shape index (κ2) is 10.4. The molecule has 2 aliphatic rings. The molecule has 2 saturated heterocycles. The van der Waals surface area contributed by atoms with Gasteiger partial charge in [-0.25, -0.2) is 9.97 Å². The molecule has 38 heavy (non-hydrogen) atoms. The van der Waals surface area contributed by atoms with Crippen LogP contribution in [0, 0.1) is 5.92 Å². The molecule has 10 nitrogen and oxygen atoms in total. The molecular weight excluding hydrogens is 498 g/mol. The molecular formula is C26H30F2N6O4. The van der Waals surface area contributed by atoms with E-state index >= 15 is 0 Å². The number of aromatic nitrogens is 3. The number of halogens is 2. The molecule has 202 valence electrons. The van der Waals surface area contributed by atoms with Crippen molar-refractivity contribution in [2.45, 2.75) is 32.9 Å². The Kier molecular flexibility index (Phi) is 7.04. The first-order valence-electron chi connectivity index (χ1n) is 12.5. The number of amides is 2. The molecule has 1 N–H and O–H groups in total. The number of anilines is 1. The quantitative estimate of drug-likeness (QED) is 0.503. The number of benzene rings is 1. The summed E-state index contributed by atoms with van der Waals surface area (Å²) in [7, 11) is 1.59. The summed E-state index contributed by atoms with van der Waals surface area (Å²) in [5.74, 6) is 0.556. The Hall–Kier alpha value is -3.96. The summed E-state index contributed by atoms with van der Waals surface area (Å²) in [6, 6.07) is 7.31. The lowest BCUT2D eigenvalue weighted by atomic mass is 10.0. The van der Waals surface area contributed by atoms with Crippen LogP contribution >= 0.6 is 0 Å². The van der Waals surface area contributed by atoms with Gasteiger partial charge in [0.2, 0.25) is 17.7 Å². The van der Waals surface area contributed by atoms with Crippen molar-refractivity contribution in [2.24, 2.45) is 5.92 Å². The van der Waals surface area contributed by atoms with Gasteiger partial charge in [0.05, 0.1) is 24.0 Å². The number of hydrogen-bond donors (Lipinski definition) is 1. The fourth-order valence-corrected chi connectivity index (χ4v) is 5.00. The first kappa shape index (κ1) is 25.7. The minimum absolute atomic E-state index is 0.0329. The van der Waals surface area contributed by atoms with Crippen molar-refractivity contribution in [1.82, 2.24) is 24.8 Å². The van der Waals surface area contributed by atoms with E-state index < -0.39 is 12.7 Å². The summed E-state index contributed by atoms with van der Waals surface area (Å²) in [6.07, 6.45) is 0.937. The van der Waals surface area contributed by atoms with Gasteiger partial charge in [-0.05, 0) is 25.1 Å². The summed E-state index contributed by atoms with van der Waals surface area (Å²) in [6.45, 7) is 3.63. The highest BCUT2D eigenvalue weighted by atomic mass is 19.3. The Morgan fingerprint density at radius 2 is 1.95 bits per heavy atom. The van der Waals surface area contributed by atoms with Crippen LogP contribution in [0.2, 0.25) is 0 Å². The Labute approximate surface area is 218 Å². The number of fused-ring (bicyclic) bond motifs is 1. The fraction of sp³-hybridized carbons (Fsp3) is 0.462. The number of methoxy groups -OCH3 is 1. The van der Waals surface area contributed by atoms with Gasteiger partial charge >= 0.3 is 6.55 Å². The van der Waals surface area contributed by atoms with Gasteiger partial charge < -0.3 is 24.6 Å². The SMILES string of the molecule is COc1cc(-c2cc3ncn(C(F)F)c3c(OC(C)C3CNC(=O)C3)n2)ccc1N1CCN(C(C)=O)CC1. The van der Waals surface area contributed by atoms with Crippen LogP contribution in [0.1, 0.15) is 26.8 Å². The number of carbonyl (C=O) groups is 2. The summed E-state index contributed by atoms with van der Waals surface area (Å²) >= 11 is 0. The van der Waals surface area contributed by atoms with E-state index in [0.717, 1.165) is 16.6 Å². The van der Waals surface area contributed by atoms with Crippen LogP contribution in [0.3, 0.4) is 0 Å². The number of rotatable bonds is 7. The normalized spacial score (nSPS) is 18.7. The third kappa shape index (κ3) is 4.94. The highest BCUT2D eigenvalue weighted by molar-refractivity contribution is 5.85. The van der Waals surface area contributed by atoms with Crippen molar-refractivity contribution in [1.29, 1.82) is 0 Å². The monoisotopic (exact) mass is 528 g/mol. The smallest absolute Gasteiger partial charge is 0.320 e. The molecule has 0 aliphatic carbocycles. The number of ether oxygens (including phenoxy) is 2. The molecule has 2 atom stereocenters. The average Bonchev–Trinajstić information content (AvgIpc) is 3.55. The third-order valence-electron chi connectivity index (χ3n) is 7.24. The van der Waals surface area contributed by atoms with Crippen LogP contribution in [0.15, 0.2) is 30.6 Å². The number of nitrogens with one attached hydrogen (secondary N) is 1. The molecule has 12 heteroatoms. The standard InChI is InChI=1S/C26H30F2N6O4/c1-15(18-11-23(36)29-13-18)38-25-24-20(30-14-34(24)26(27)28)12-19(31-25)17-4-5-21(22(10-17)37-3)33-8-6-32(7-9-33)16(2)35/h4-5,10,12,14-15,18,26H,6-9,11,13H2,1-3H3,(H,29,36). The van der Waals surface area contributed by atoms with E-state index in [0.29, 0.717) is 61.7 Å². The number of alkyl halides is 2. The zero-order chi connectivity index (χ0) is 27.0. The van der Waals surface area contributed by atoms with E-state index in [4.69, 9.17) is 9.47 Å². The Morgan fingerprint density at radius 3 is 2.58 bits per heavy atom. The van der Waals surface area contributed by atoms with E-state index in [1.54, 1.807) is 27.0 Å². The minimum Gasteiger partial charge on any atom is -0.495 e. The highest BCUT2D eigenvalue weighted by Crippen LogP contribution is 2.37. The van der Waals surface area contributed by atoms with Crippen LogP contribution < -0.4 is 19.7 Å². The van der Waals surface area contributed by atoms with Crippen molar-refractivity contribution < 1.29 is 27.8 Å². The van der Waals surface area contributed by atoms with Crippen LogP contribution in [0.4, 0.5) is 14.5 Å². The molecule has 2 aliphatic heterocycles. The highest BCUT2D eigenvalue weighted by Gasteiger charge is 2.30. The number of carbonyl (C=O) groups excluding carboxylic acids is 2. The molecule has 0 radical (unpaired) electrons. The predicted octanol–water partition coefficient (Wildman–Crippen LogP) is 3.07. The Morgan fingerprint density at radius 1 is 1.18 bits per heavy atom. The predicted molar refractivity (Wildman–Crippen MR) is 136 cm³/mol. The van der Waals surface area contributed by atoms with Gasteiger partial charge in [-0.3, -0.25) is 14.2 Å². The molecule has 2 fully saturated rings. The van der Waals surface area contributed by atoms with Gasteiger partial charge in [0.25, 0.3) is 0 Å². The summed E-state index contributed by atoms with van der Waals surface area (Å²) in [5, 5.41) is 2.77. The lowest BCUT2D eigenvalue weighted by Gasteiger charge is -2.36. The van der Waals surface area contributed by atoms with E-state index in [1.807, 2.05) is 23.1 Å².